The lowest BCUT2D eigenvalue weighted by Gasteiger charge is -2.32. The number of hydrogen-bond acceptors (Lipinski definition) is 4. The van der Waals surface area contributed by atoms with E-state index in [1.807, 2.05) is 4.90 Å². The topological polar surface area (TPSA) is 74.8 Å². The fourth-order valence-electron chi connectivity index (χ4n) is 3.94. The average molecular weight is 389 g/mol. The minimum atomic E-state index is -0.194. The second kappa shape index (κ2) is 9.75. The number of nitrogens with one attached hydrogen (secondary N) is 1. The van der Waals surface area contributed by atoms with Crippen LogP contribution >= 0.6 is 0 Å². The number of amides is 3. The number of hydrogen-bond donors (Lipinski definition) is 1. The van der Waals surface area contributed by atoms with E-state index >= 15 is 0 Å². The fourth-order valence-corrected chi connectivity index (χ4v) is 3.94. The van der Waals surface area contributed by atoms with Gasteiger partial charge in [-0.1, -0.05) is 25.7 Å². The zero-order valence-electron chi connectivity index (χ0n) is 17.0. The van der Waals surface area contributed by atoms with Gasteiger partial charge in [0.05, 0.1) is 11.9 Å². The second-order valence-corrected chi connectivity index (χ2v) is 8.10. The number of ether oxygens (including phenoxy) is 1. The summed E-state index contributed by atoms with van der Waals surface area (Å²) >= 11 is 0. The van der Waals surface area contributed by atoms with Crippen molar-refractivity contribution in [1.82, 2.24) is 14.8 Å². The molecule has 1 aliphatic heterocycles. The first-order valence-electron chi connectivity index (χ1n) is 10.4. The first-order chi connectivity index (χ1) is 13.5. The molecule has 1 saturated heterocycles. The molecule has 3 rings (SSSR count). The van der Waals surface area contributed by atoms with Crippen LogP contribution in [0.25, 0.3) is 0 Å². The van der Waals surface area contributed by atoms with Crippen LogP contribution in [0.5, 0.6) is 5.88 Å². The van der Waals surface area contributed by atoms with Gasteiger partial charge in [0.2, 0.25) is 11.8 Å². The quantitative estimate of drug-likeness (QED) is 0.809. The van der Waals surface area contributed by atoms with Crippen LogP contribution in [0.4, 0.5) is 10.5 Å². The van der Waals surface area contributed by atoms with Crippen LogP contribution in [0, 0.1) is 5.92 Å². The zero-order chi connectivity index (χ0) is 19.9. The van der Waals surface area contributed by atoms with Gasteiger partial charge in [0.15, 0.2) is 0 Å². The molecule has 0 aromatic carbocycles. The Morgan fingerprint density at radius 2 is 1.89 bits per heavy atom. The Morgan fingerprint density at radius 1 is 1.18 bits per heavy atom. The molecule has 1 aromatic heterocycles. The monoisotopic (exact) mass is 388 g/mol. The summed E-state index contributed by atoms with van der Waals surface area (Å²) in [6.45, 7) is 1.51. The van der Waals surface area contributed by atoms with Gasteiger partial charge in [0, 0.05) is 52.5 Å². The molecule has 154 valence electrons. The predicted molar refractivity (Wildman–Crippen MR) is 108 cm³/mol. The van der Waals surface area contributed by atoms with Crippen molar-refractivity contribution in [3.8, 4) is 5.88 Å². The standard InChI is InChI=1S/C21H32N4O3/c1-24(2)21(27)23-17-8-9-19(22-15-17)28-18-11-13-25(14-12-18)20(26)10-7-16-5-3-4-6-16/h8-9,15-16,18H,3-7,10-14H2,1-2H3,(H,23,27). The summed E-state index contributed by atoms with van der Waals surface area (Å²) in [5, 5.41) is 2.75. The van der Waals surface area contributed by atoms with E-state index in [9.17, 15) is 9.59 Å². The van der Waals surface area contributed by atoms with Crippen LogP contribution in [0.15, 0.2) is 18.3 Å². The van der Waals surface area contributed by atoms with Crippen LogP contribution < -0.4 is 10.1 Å². The Labute approximate surface area is 167 Å². The first kappa shape index (κ1) is 20.4. The lowest BCUT2D eigenvalue weighted by Crippen LogP contribution is -2.41. The molecule has 0 spiro atoms. The smallest absolute Gasteiger partial charge is 0.321 e. The number of aromatic nitrogens is 1. The largest absolute Gasteiger partial charge is 0.474 e. The van der Waals surface area contributed by atoms with Crippen molar-refractivity contribution < 1.29 is 14.3 Å². The number of piperidine rings is 1. The van der Waals surface area contributed by atoms with E-state index in [1.165, 1.54) is 30.6 Å². The Kier molecular flexibility index (Phi) is 7.12. The average Bonchev–Trinajstić information content (AvgIpc) is 3.22. The molecule has 3 amide bonds. The number of rotatable bonds is 6. The maximum absolute atomic E-state index is 12.4. The summed E-state index contributed by atoms with van der Waals surface area (Å²) in [4.78, 5) is 31.8. The van der Waals surface area contributed by atoms with E-state index in [-0.39, 0.29) is 12.1 Å². The van der Waals surface area contributed by atoms with Gasteiger partial charge in [-0.15, -0.1) is 0 Å². The van der Waals surface area contributed by atoms with Gasteiger partial charge in [0.25, 0.3) is 0 Å². The molecule has 7 nitrogen and oxygen atoms in total. The molecule has 1 N–H and O–H groups in total. The van der Waals surface area contributed by atoms with Crippen LogP contribution in [0.2, 0.25) is 0 Å². The highest BCUT2D eigenvalue weighted by Gasteiger charge is 2.25. The van der Waals surface area contributed by atoms with E-state index in [2.05, 4.69) is 10.3 Å². The summed E-state index contributed by atoms with van der Waals surface area (Å²) in [5.41, 5.74) is 0.633. The molecule has 7 heteroatoms. The number of anilines is 1. The van der Waals surface area contributed by atoms with Gasteiger partial charge in [-0.05, 0) is 18.4 Å². The Balaban J connectivity index is 1.39. The lowest BCUT2D eigenvalue weighted by molar-refractivity contribution is -0.133. The normalized spacial score (nSPS) is 18.1. The maximum Gasteiger partial charge on any atom is 0.321 e. The molecule has 1 aromatic rings. The molecule has 2 fully saturated rings. The van der Waals surface area contributed by atoms with Crippen molar-refractivity contribution in [2.75, 3.05) is 32.5 Å². The van der Waals surface area contributed by atoms with Gasteiger partial charge in [-0.2, -0.15) is 0 Å². The van der Waals surface area contributed by atoms with Crippen molar-refractivity contribution in [3.05, 3.63) is 18.3 Å². The van der Waals surface area contributed by atoms with Gasteiger partial charge >= 0.3 is 6.03 Å². The van der Waals surface area contributed by atoms with Crippen molar-refractivity contribution in [2.45, 2.75) is 57.5 Å². The molecule has 2 heterocycles. The molecule has 1 aliphatic carbocycles. The van der Waals surface area contributed by atoms with Crippen LogP contribution in [0.3, 0.4) is 0 Å². The van der Waals surface area contributed by atoms with Crippen molar-refractivity contribution >= 4 is 17.6 Å². The number of nitrogens with zero attached hydrogens (tertiary/aromatic N) is 3. The Morgan fingerprint density at radius 3 is 2.50 bits per heavy atom. The number of urea groups is 1. The second-order valence-electron chi connectivity index (χ2n) is 8.10. The SMILES string of the molecule is CN(C)C(=O)Nc1ccc(OC2CCN(C(=O)CCC3CCCC3)CC2)nc1. The molecule has 1 saturated carbocycles. The van der Waals surface area contributed by atoms with E-state index in [1.54, 1.807) is 32.4 Å². The van der Waals surface area contributed by atoms with Crippen LogP contribution in [-0.4, -0.2) is 60.0 Å². The van der Waals surface area contributed by atoms with Crippen LogP contribution in [0.1, 0.15) is 51.4 Å². The van der Waals surface area contributed by atoms with E-state index < -0.39 is 0 Å². The number of carbonyl (C=O) groups is 2. The van der Waals surface area contributed by atoms with Crippen molar-refractivity contribution in [2.24, 2.45) is 5.92 Å². The highest BCUT2D eigenvalue weighted by Crippen LogP contribution is 2.29. The Hall–Kier alpha value is -2.31. The summed E-state index contributed by atoms with van der Waals surface area (Å²) < 4.78 is 5.96. The molecule has 0 radical (unpaired) electrons. The van der Waals surface area contributed by atoms with Gasteiger partial charge in [-0.25, -0.2) is 9.78 Å². The lowest BCUT2D eigenvalue weighted by atomic mass is 10.0. The van der Waals surface area contributed by atoms with Crippen molar-refractivity contribution in [3.63, 3.8) is 0 Å². The molecule has 2 aliphatic rings. The number of pyridine rings is 1. The van der Waals surface area contributed by atoms with Gasteiger partial charge < -0.3 is 19.9 Å². The highest BCUT2D eigenvalue weighted by atomic mass is 16.5. The molecular formula is C21H32N4O3. The third-order valence-electron chi connectivity index (χ3n) is 5.72. The molecule has 0 unspecified atom stereocenters. The minimum Gasteiger partial charge on any atom is -0.474 e. The predicted octanol–water partition coefficient (Wildman–Crippen LogP) is 3.52. The van der Waals surface area contributed by atoms with Gasteiger partial charge in [-0.3, -0.25) is 4.79 Å². The molecule has 0 bridgehead atoms. The van der Waals surface area contributed by atoms with Crippen LogP contribution in [-0.2, 0) is 4.79 Å². The third-order valence-corrected chi connectivity index (χ3v) is 5.72. The minimum absolute atomic E-state index is 0.0774. The Bertz CT molecular complexity index is 648. The van der Waals surface area contributed by atoms with E-state index in [0.29, 0.717) is 23.9 Å². The summed E-state index contributed by atoms with van der Waals surface area (Å²) in [7, 11) is 3.37. The summed E-state index contributed by atoms with van der Waals surface area (Å²) in [5.74, 6) is 1.61. The zero-order valence-corrected chi connectivity index (χ0v) is 17.0. The third kappa shape index (κ3) is 5.84. The molecular weight excluding hydrogens is 356 g/mol. The first-order valence-corrected chi connectivity index (χ1v) is 10.4. The number of carbonyl (C=O) groups excluding carboxylic acids is 2. The molecule has 28 heavy (non-hydrogen) atoms. The van der Waals surface area contributed by atoms with Gasteiger partial charge in [0.1, 0.15) is 6.10 Å². The number of likely N-dealkylation sites (tertiary alicyclic amines) is 1. The summed E-state index contributed by atoms with van der Waals surface area (Å²) in [6.07, 6.45) is 10.3. The highest BCUT2D eigenvalue weighted by molar-refractivity contribution is 5.88. The van der Waals surface area contributed by atoms with E-state index in [4.69, 9.17) is 4.74 Å². The van der Waals surface area contributed by atoms with Crippen molar-refractivity contribution in [1.29, 1.82) is 0 Å². The fraction of sp³-hybridized carbons (Fsp3) is 0.667. The maximum atomic E-state index is 12.4. The molecule has 0 atom stereocenters. The summed E-state index contributed by atoms with van der Waals surface area (Å²) in [6, 6.07) is 3.36. The van der Waals surface area contributed by atoms with E-state index in [0.717, 1.165) is 38.3 Å².